The quantitative estimate of drug-likeness (QED) is 0.330. The number of likely N-dealkylation sites (tertiary alicyclic amines) is 1. The van der Waals surface area contributed by atoms with E-state index >= 15 is 0 Å². The minimum atomic E-state index is -4.58. The molecule has 0 radical (unpaired) electrons. The van der Waals surface area contributed by atoms with E-state index in [4.69, 9.17) is 17.0 Å². The number of carbonyl (C=O) groups excluding carboxylic acids is 1. The molecule has 136 valence electrons. The van der Waals surface area contributed by atoms with Gasteiger partial charge in [-0.3, -0.25) is 0 Å². The van der Waals surface area contributed by atoms with Crippen molar-refractivity contribution in [3.05, 3.63) is 42.0 Å². The van der Waals surface area contributed by atoms with Crippen LogP contribution in [0.2, 0.25) is 0 Å². The maximum absolute atomic E-state index is 13.3. The van der Waals surface area contributed by atoms with E-state index < -0.39 is 23.8 Å². The van der Waals surface area contributed by atoms with Crippen molar-refractivity contribution in [3.63, 3.8) is 0 Å². The van der Waals surface area contributed by atoms with E-state index in [1.54, 1.807) is 11.0 Å². The molecule has 1 aromatic rings. The average Bonchev–Trinajstić information content (AvgIpc) is 2.53. The Kier molecular flexibility index (Phi) is 6.05. The van der Waals surface area contributed by atoms with Crippen LogP contribution in [0.3, 0.4) is 0 Å². The van der Waals surface area contributed by atoms with Crippen molar-refractivity contribution in [2.45, 2.75) is 25.1 Å². The van der Waals surface area contributed by atoms with Gasteiger partial charge in [-0.25, -0.2) is 4.79 Å². The summed E-state index contributed by atoms with van der Waals surface area (Å²) in [6.07, 6.45) is -2.02. The van der Waals surface area contributed by atoms with E-state index in [0.29, 0.717) is 19.4 Å². The summed E-state index contributed by atoms with van der Waals surface area (Å²) in [7, 11) is 1.26. The Morgan fingerprint density at radius 1 is 1.48 bits per heavy atom. The Labute approximate surface area is 149 Å². The molecule has 25 heavy (non-hydrogen) atoms. The largest absolute Gasteiger partial charge is 0.493 e. The maximum atomic E-state index is 13.3. The molecule has 4 nitrogen and oxygen atoms in total. The summed E-state index contributed by atoms with van der Waals surface area (Å²) in [4.78, 5) is 13.4. The summed E-state index contributed by atoms with van der Waals surface area (Å²) < 4.78 is 49.8. The number of carbonyl (C=O) groups is 1. The van der Waals surface area contributed by atoms with E-state index in [9.17, 15) is 18.0 Å². The normalized spacial score (nSPS) is 16.8. The lowest BCUT2D eigenvalue weighted by atomic mass is 10.0. The van der Waals surface area contributed by atoms with Crippen LogP contribution in [0.4, 0.5) is 13.2 Å². The number of alkyl halides is 3. The van der Waals surface area contributed by atoms with Crippen LogP contribution < -0.4 is 4.74 Å². The van der Waals surface area contributed by atoms with Crippen molar-refractivity contribution in [3.8, 4) is 5.75 Å². The van der Waals surface area contributed by atoms with Gasteiger partial charge in [0.15, 0.2) is 0 Å². The summed E-state index contributed by atoms with van der Waals surface area (Å²) in [5.41, 5.74) is -0.682. The van der Waals surface area contributed by atoms with Crippen LogP contribution in [0.1, 0.15) is 24.0 Å². The molecule has 0 aliphatic carbocycles. The maximum Gasteiger partial charge on any atom is 0.419 e. The molecule has 0 saturated carbocycles. The first-order chi connectivity index (χ1) is 11.8. The van der Waals surface area contributed by atoms with E-state index in [2.05, 4.69) is 11.3 Å². The van der Waals surface area contributed by atoms with Crippen LogP contribution in [0.25, 0.3) is 0 Å². The number of hydrogen-bond acceptors (Lipinski definition) is 4. The molecule has 2 rings (SSSR count). The lowest BCUT2D eigenvalue weighted by Crippen LogP contribution is -2.55. The highest BCUT2D eigenvalue weighted by Gasteiger charge is 2.39. The lowest BCUT2D eigenvalue weighted by Gasteiger charge is -2.40. The molecule has 0 bridgehead atoms. The zero-order valence-corrected chi connectivity index (χ0v) is 14.5. The molecule has 1 fully saturated rings. The molecule has 1 aliphatic heterocycles. The van der Waals surface area contributed by atoms with E-state index in [-0.39, 0.29) is 22.9 Å². The summed E-state index contributed by atoms with van der Waals surface area (Å²) >= 11 is 5.27. The number of ether oxygens (including phenoxy) is 2. The topological polar surface area (TPSA) is 38.8 Å². The van der Waals surface area contributed by atoms with Crippen molar-refractivity contribution >= 4 is 23.2 Å². The monoisotopic (exact) mass is 373 g/mol. The highest BCUT2D eigenvalue weighted by molar-refractivity contribution is 7.80. The molecule has 1 unspecified atom stereocenters. The molecule has 8 heteroatoms. The van der Waals surface area contributed by atoms with Gasteiger partial charge in [-0.05, 0) is 31.0 Å². The fourth-order valence-electron chi connectivity index (χ4n) is 2.44. The van der Waals surface area contributed by atoms with Gasteiger partial charge in [-0.1, -0.05) is 18.3 Å². The molecule has 1 aromatic carbocycles. The molecular formula is C17H18F3NO3S. The van der Waals surface area contributed by atoms with E-state index in [0.717, 1.165) is 6.07 Å². The van der Waals surface area contributed by atoms with Gasteiger partial charge < -0.3 is 14.4 Å². The zero-order valence-electron chi connectivity index (χ0n) is 13.6. The Morgan fingerprint density at radius 2 is 2.20 bits per heavy atom. The number of halogens is 3. The summed E-state index contributed by atoms with van der Waals surface area (Å²) in [5.74, 6) is -0.706. The Hall–Kier alpha value is -2.09. The third-order valence-corrected chi connectivity index (χ3v) is 4.34. The number of methoxy groups -OCH3 is 1. The number of hydrogen-bond donors (Lipinski definition) is 0. The van der Waals surface area contributed by atoms with Crippen molar-refractivity contribution in [2.24, 2.45) is 0 Å². The van der Waals surface area contributed by atoms with Gasteiger partial charge in [0.1, 0.15) is 16.8 Å². The molecule has 1 atom stereocenters. The summed E-state index contributed by atoms with van der Waals surface area (Å²) in [6, 6.07) is 3.13. The molecule has 1 heterocycles. The van der Waals surface area contributed by atoms with Gasteiger partial charge in [-0.2, -0.15) is 13.2 Å². The number of rotatable bonds is 6. The molecule has 0 aromatic heterocycles. The smallest absolute Gasteiger partial charge is 0.419 e. The van der Waals surface area contributed by atoms with Crippen LogP contribution in [0.5, 0.6) is 5.75 Å². The fraction of sp³-hybridized carbons (Fsp3) is 0.412. The molecule has 0 spiro atoms. The van der Waals surface area contributed by atoms with Crippen LogP contribution >= 0.6 is 12.2 Å². The molecular weight excluding hydrogens is 355 g/mol. The van der Waals surface area contributed by atoms with Gasteiger partial charge in [0, 0.05) is 12.1 Å². The highest BCUT2D eigenvalue weighted by atomic mass is 32.1. The highest BCUT2D eigenvalue weighted by Crippen LogP contribution is 2.37. The Balaban J connectivity index is 2.25. The SMILES string of the molecule is C=CCCOc1ccc(C(=S)N2CCC2C(=O)OC)cc1C(F)(F)F. The molecule has 0 N–H and O–H groups in total. The van der Waals surface area contributed by atoms with Gasteiger partial charge >= 0.3 is 12.1 Å². The molecule has 1 aliphatic rings. The number of benzene rings is 1. The first-order valence-corrected chi connectivity index (χ1v) is 8.04. The van der Waals surface area contributed by atoms with Crippen molar-refractivity contribution in [2.75, 3.05) is 20.3 Å². The summed E-state index contributed by atoms with van der Waals surface area (Å²) in [6.45, 7) is 4.10. The number of thiocarbonyl (C=S) groups is 1. The lowest BCUT2D eigenvalue weighted by molar-refractivity contribution is -0.148. The van der Waals surface area contributed by atoms with E-state index in [1.165, 1.54) is 19.2 Å². The Morgan fingerprint density at radius 3 is 2.72 bits per heavy atom. The van der Waals surface area contributed by atoms with Crippen LogP contribution in [-0.2, 0) is 15.7 Å². The second kappa shape index (κ2) is 7.86. The van der Waals surface area contributed by atoms with Gasteiger partial charge in [0.05, 0.1) is 19.3 Å². The number of nitrogens with zero attached hydrogens (tertiary/aromatic N) is 1. The zero-order chi connectivity index (χ0) is 18.6. The third-order valence-electron chi connectivity index (χ3n) is 3.87. The molecule has 1 saturated heterocycles. The average molecular weight is 373 g/mol. The van der Waals surface area contributed by atoms with Crippen LogP contribution in [0, 0.1) is 0 Å². The number of esters is 1. The Bertz CT molecular complexity index is 676. The fourth-order valence-corrected chi connectivity index (χ4v) is 2.79. The first kappa shape index (κ1) is 19.2. The van der Waals surface area contributed by atoms with Crippen molar-refractivity contribution in [1.29, 1.82) is 0 Å². The van der Waals surface area contributed by atoms with Gasteiger partial charge in [0.25, 0.3) is 0 Å². The second-order valence-electron chi connectivity index (χ2n) is 5.46. The van der Waals surface area contributed by atoms with Crippen molar-refractivity contribution in [1.82, 2.24) is 4.90 Å². The third kappa shape index (κ3) is 4.31. The standard InChI is InChI=1S/C17H18F3NO3S/c1-3-4-9-24-14-6-5-11(10-12(14)17(18,19)20)15(25)21-8-7-13(21)16(22)23-2/h3,5-6,10,13H,1,4,7-9H2,2H3. The van der Waals surface area contributed by atoms with Crippen LogP contribution in [-0.4, -0.2) is 42.2 Å². The van der Waals surface area contributed by atoms with Gasteiger partial charge in [0.2, 0.25) is 0 Å². The first-order valence-electron chi connectivity index (χ1n) is 7.63. The summed E-state index contributed by atoms with van der Waals surface area (Å²) in [5, 5.41) is 0. The predicted molar refractivity (Wildman–Crippen MR) is 90.6 cm³/mol. The van der Waals surface area contributed by atoms with E-state index in [1.807, 2.05) is 0 Å². The predicted octanol–water partition coefficient (Wildman–Crippen LogP) is 3.58. The molecule has 0 amide bonds. The van der Waals surface area contributed by atoms with Gasteiger partial charge in [-0.15, -0.1) is 6.58 Å². The van der Waals surface area contributed by atoms with Crippen molar-refractivity contribution < 1.29 is 27.4 Å². The second-order valence-corrected chi connectivity index (χ2v) is 5.85. The minimum Gasteiger partial charge on any atom is -0.493 e. The van der Waals surface area contributed by atoms with Crippen LogP contribution in [0.15, 0.2) is 30.9 Å². The minimum absolute atomic E-state index is 0.104.